The summed E-state index contributed by atoms with van der Waals surface area (Å²) in [6.45, 7) is 3.84. The minimum Gasteiger partial charge on any atom is -0.494 e. The van der Waals surface area contributed by atoms with Gasteiger partial charge in [-0.05, 0) is 73.7 Å². The molecule has 2 aromatic carbocycles. The fourth-order valence-electron chi connectivity index (χ4n) is 5.40. The van der Waals surface area contributed by atoms with Crippen molar-refractivity contribution in [1.82, 2.24) is 10.6 Å². The van der Waals surface area contributed by atoms with E-state index in [1.54, 1.807) is 12.3 Å². The Balaban J connectivity index is 1.37. The van der Waals surface area contributed by atoms with Gasteiger partial charge in [0, 0.05) is 47.9 Å². The van der Waals surface area contributed by atoms with Gasteiger partial charge in [-0.25, -0.2) is 4.39 Å². The molecule has 2 aliphatic heterocycles. The Morgan fingerprint density at radius 3 is 2.85 bits per heavy atom. The summed E-state index contributed by atoms with van der Waals surface area (Å²) in [4.78, 5) is 17.6. The summed E-state index contributed by atoms with van der Waals surface area (Å²) in [5, 5.41) is 9.99. The summed E-state index contributed by atoms with van der Waals surface area (Å²) in [6.07, 6.45) is 11.7. The number of rotatable bonds is 7. The van der Waals surface area contributed by atoms with Gasteiger partial charge in [0.15, 0.2) is 11.6 Å². The summed E-state index contributed by atoms with van der Waals surface area (Å²) in [7, 11) is 1.31. The van der Waals surface area contributed by atoms with Gasteiger partial charge in [-0.2, -0.15) is 4.39 Å². The Hall–Kier alpha value is -3.78. The fourth-order valence-corrected chi connectivity index (χ4v) is 5.40. The number of anilines is 1. The molecule has 5 rings (SSSR count). The highest BCUT2D eigenvalue weighted by Crippen LogP contribution is 2.37. The molecule has 0 spiro atoms. The van der Waals surface area contributed by atoms with E-state index in [9.17, 15) is 13.6 Å². The maximum Gasteiger partial charge on any atom is 0.251 e. The number of aryl methyl sites for hydroxylation is 1. The van der Waals surface area contributed by atoms with Crippen molar-refractivity contribution in [2.24, 2.45) is 10.9 Å². The Labute approximate surface area is 227 Å². The van der Waals surface area contributed by atoms with Crippen LogP contribution < -0.4 is 20.7 Å². The van der Waals surface area contributed by atoms with E-state index in [-0.39, 0.29) is 29.2 Å². The molecule has 1 saturated heterocycles. The number of amides is 1. The second-order valence-corrected chi connectivity index (χ2v) is 10.1. The molecule has 8 heteroatoms. The Bertz CT molecular complexity index is 1370. The molecular formula is C31H34F2N4O2. The normalized spacial score (nSPS) is 22.8. The maximum absolute atomic E-state index is 14.9. The van der Waals surface area contributed by atoms with Crippen LogP contribution in [0.5, 0.6) is 5.75 Å². The third-order valence-corrected chi connectivity index (χ3v) is 7.53. The number of nitrogens with zero attached hydrogens (tertiary/aromatic N) is 1. The van der Waals surface area contributed by atoms with Crippen LogP contribution in [0.4, 0.5) is 14.5 Å². The number of carbonyl (C=O) groups excluding carboxylic acids is 1. The number of hydrogen-bond donors (Lipinski definition) is 3. The second kappa shape index (κ2) is 11.9. The first-order chi connectivity index (χ1) is 19.0. The zero-order valence-electron chi connectivity index (χ0n) is 22.3. The molecule has 6 nitrogen and oxygen atoms in total. The minimum absolute atomic E-state index is 0.0400. The van der Waals surface area contributed by atoms with Crippen LogP contribution in [-0.4, -0.2) is 37.9 Å². The molecule has 204 valence electrons. The van der Waals surface area contributed by atoms with Crippen LogP contribution in [0.25, 0.3) is 5.57 Å². The smallest absolute Gasteiger partial charge is 0.251 e. The van der Waals surface area contributed by atoms with E-state index in [4.69, 9.17) is 4.74 Å². The third kappa shape index (κ3) is 5.81. The Kier molecular flexibility index (Phi) is 8.21. The van der Waals surface area contributed by atoms with Gasteiger partial charge in [0.05, 0.1) is 18.5 Å². The van der Waals surface area contributed by atoms with Crippen LogP contribution in [0.2, 0.25) is 0 Å². The third-order valence-electron chi connectivity index (χ3n) is 7.53. The van der Waals surface area contributed by atoms with E-state index in [0.717, 1.165) is 55.0 Å². The Morgan fingerprint density at radius 2 is 2.08 bits per heavy atom. The van der Waals surface area contributed by atoms with E-state index < -0.39 is 11.6 Å². The monoisotopic (exact) mass is 532 g/mol. The zero-order valence-corrected chi connectivity index (χ0v) is 22.3. The van der Waals surface area contributed by atoms with Gasteiger partial charge in [0.1, 0.15) is 0 Å². The van der Waals surface area contributed by atoms with Crippen molar-refractivity contribution < 1.29 is 18.3 Å². The van der Waals surface area contributed by atoms with E-state index in [1.807, 2.05) is 37.3 Å². The molecule has 0 saturated carbocycles. The number of carbonyl (C=O) groups is 1. The highest BCUT2D eigenvalue weighted by Gasteiger charge is 2.27. The van der Waals surface area contributed by atoms with Crippen molar-refractivity contribution >= 4 is 22.9 Å². The molecule has 2 heterocycles. The number of hydrogen-bond acceptors (Lipinski definition) is 5. The van der Waals surface area contributed by atoms with Crippen molar-refractivity contribution in [1.29, 1.82) is 0 Å². The van der Waals surface area contributed by atoms with E-state index >= 15 is 0 Å². The molecule has 0 aromatic heterocycles. The largest absolute Gasteiger partial charge is 0.494 e. The molecule has 0 radical (unpaired) electrons. The van der Waals surface area contributed by atoms with Crippen molar-refractivity contribution in [2.75, 3.05) is 25.5 Å². The lowest BCUT2D eigenvalue weighted by atomic mass is 9.84. The van der Waals surface area contributed by atoms with Gasteiger partial charge in [0.2, 0.25) is 5.82 Å². The van der Waals surface area contributed by atoms with Crippen molar-refractivity contribution in [3.05, 3.63) is 88.8 Å². The topological polar surface area (TPSA) is 74.8 Å². The fraction of sp³-hybridized carbons (Fsp3) is 0.355. The summed E-state index contributed by atoms with van der Waals surface area (Å²) in [5.41, 5.74) is 5.06. The number of methoxy groups -OCH3 is 1. The average Bonchev–Trinajstić information content (AvgIpc) is 2.95. The maximum atomic E-state index is 14.9. The van der Waals surface area contributed by atoms with Crippen LogP contribution in [-0.2, 0) is 6.42 Å². The number of fused-ring (bicyclic) bond motifs is 2. The van der Waals surface area contributed by atoms with Crippen molar-refractivity contribution in [3.8, 4) is 5.75 Å². The summed E-state index contributed by atoms with van der Waals surface area (Å²) in [6, 6.07) is 8.94. The number of allylic oxidation sites excluding steroid dienone is 5. The second-order valence-electron chi connectivity index (χ2n) is 10.1. The Morgan fingerprint density at radius 1 is 1.21 bits per heavy atom. The first kappa shape index (κ1) is 26.8. The molecule has 3 N–H and O–H groups in total. The number of nitrogens with one attached hydrogen (secondary N) is 3. The van der Waals surface area contributed by atoms with Gasteiger partial charge in [-0.1, -0.05) is 25.2 Å². The van der Waals surface area contributed by atoms with Crippen LogP contribution in [0.15, 0.2) is 65.4 Å². The number of piperidine rings is 1. The summed E-state index contributed by atoms with van der Waals surface area (Å²) in [5.74, 6) is -2.24. The molecule has 3 aliphatic rings. The molecule has 1 fully saturated rings. The van der Waals surface area contributed by atoms with Gasteiger partial charge in [-0.3, -0.25) is 9.79 Å². The zero-order chi connectivity index (χ0) is 27.4. The summed E-state index contributed by atoms with van der Waals surface area (Å²) < 4.78 is 34.2. The van der Waals surface area contributed by atoms with Crippen molar-refractivity contribution in [2.45, 2.75) is 45.1 Å². The van der Waals surface area contributed by atoms with E-state index in [1.165, 1.54) is 13.2 Å². The lowest BCUT2D eigenvalue weighted by Gasteiger charge is -2.26. The lowest BCUT2D eigenvalue weighted by molar-refractivity contribution is 0.0930. The first-order valence-electron chi connectivity index (χ1n) is 13.6. The standard InChI is InChI=1S/C31H34F2N4O2/c1-3-19-15-21(10-11-23(19)31(38)37-22-8-6-14-34-17-22)36-26-9-5-4-7-20-16-27(26)35-18-25(20)24-12-13-28(39-2)30(33)29(24)32/h4,7,9-13,15,18,20,22,34,36H,3,5-6,8,14,16-17H2,1-2H3,(H,37,38)/b7-4-,26-9-. The minimum atomic E-state index is -0.998. The molecule has 2 bridgehead atoms. The highest BCUT2D eigenvalue weighted by molar-refractivity contribution is 6.05. The SMILES string of the molecule is CCc1cc(N/C2=C\C/C=C\C3CC2=NC=C3c2ccc(OC)c(F)c2F)ccc1C(=O)NC1CCCNC1. The number of benzene rings is 2. The predicted octanol–water partition coefficient (Wildman–Crippen LogP) is 5.78. The average molecular weight is 533 g/mol. The molecule has 1 amide bonds. The highest BCUT2D eigenvalue weighted by atomic mass is 19.2. The quantitative estimate of drug-likeness (QED) is 0.396. The molecular weight excluding hydrogens is 498 g/mol. The number of halogens is 2. The van der Waals surface area contributed by atoms with Gasteiger partial charge < -0.3 is 20.7 Å². The van der Waals surface area contributed by atoms with Gasteiger partial charge >= 0.3 is 0 Å². The summed E-state index contributed by atoms with van der Waals surface area (Å²) >= 11 is 0. The molecule has 39 heavy (non-hydrogen) atoms. The lowest BCUT2D eigenvalue weighted by Crippen LogP contribution is -2.45. The molecule has 2 aromatic rings. The number of ether oxygens (including phenoxy) is 1. The van der Waals surface area contributed by atoms with Crippen LogP contribution in [0.3, 0.4) is 0 Å². The molecule has 2 atom stereocenters. The van der Waals surface area contributed by atoms with Crippen molar-refractivity contribution in [3.63, 3.8) is 0 Å². The van der Waals surface area contributed by atoms with Crippen LogP contribution in [0.1, 0.15) is 54.1 Å². The van der Waals surface area contributed by atoms with Crippen LogP contribution in [0, 0.1) is 17.6 Å². The predicted molar refractivity (Wildman–Crippen MR) is 151 cm³/mol. The molecule has 1 aliphatic carbocycles. The molecule has 2 unspecified atom stereocenters. The number of aliphatic imine (C=N–C) groups is 1. The first-order valence-corrected chi connectivity index (χ1v) is 13.6. The van der Waals surface area contributed by atoms with E-state index in [2.05, 4.69) is 27.0 Å². The van der Waals surface area contributed by atoms with E-state index in [0.29, 0.717) is 24.0 Å². The van der Waals surface area contributed by atoms with Gasteiger partial charge in [-0.15, -0.1) is 0 Å². The van der Waals surface area contributed by atoms with Crippen LogP contribution >= 0.6 is 0 Å². The van der Waals surface area contributed by atoms with Gasteiger partial charge in [0.25, 0.3) is 5.91 Å².